The second kappa shape index (κ2) is 9.41. The molecule has 0 saturated heterocycles. The molecule has 2 heteroatoms. The van der Waals surface area contributed by atoms with Crippen molar-refractivity contribution in [3.63, 3.8) is 0 Å². The van der Waals surface area contributed by atoms with E-state index in [0.717, 1.165) is 17.1 Å². The highest BCUT2D eigenvalue weighted by molar-refractivity contribution is 6.21. The first kappa shape index (κ1) is 23.2. The number of para-hydroxylation sites is 1. The molecule has 0 aliphatic carbocycles. The second-order valence-electron chi connectivity index (χ2n) is 10.1. The zero-order valence-corrected chi connectivity index (χ0v) is 22.1. The van der Waals surface area contributed by atoms with Gasteiger partial charge in [-0.15, -0.1) is 0 Å². The van der Waals surface area contributed by atoms with Gasteiger partial charge in [-0.2, -0.15) is 5.10 Å². The maximum Gasteiger partial charge on any atom is 0.0679 e. The van der Waals surface area contributed by atoms with Crippen LogP contribution < -0.4 is 0 Å². The first-order valence-electron chi connectivity index (χ1n) is 13.4. The summed E-state index contributed by atoms with van der Waals surface area (Å²) < 4.78 is 2.07. The Morgan fingerprint density at radius 1 is 0.436 bits per heavy atom. The fourth-order valence-corrected chi connectivity index (χ4v) is 6.02. The molecule has 186 valence electrons. The predicted molar refractivity (Wildman–Crippen MR) is 164 cm³/mol. The summed E-state index contributed by atoms with van der Waals surface area (Å²) in [5.41, 5.74) is 10.7. The Labute approximate surface area is 228 Å². The summed E-state index contributed by atoms with van der Waals surface area (Å²) in [6.07, 6.45) is 0. The van der Waals surface area contributed by atoms with Crippen LogP contribution in [0.1, 0.15) is 11.4 Å². The van der Waals surface area contributed by atoms with Gasteiger partial charge in [-0.05, 0) is 75.8 Å². The van der Waals surface area contributed by atoms with Crippen molar-refractivity contribution >= 4 is 21.5 Å². The van der Waals surface area contributed by atoms with Gasteiger partial charge in [0.2, 0.25) is 0 Å². The van der Waals surface area contributed by atoms with Gasteiger partial charge in [0.25, 0.3) is 0 Å². The lowest BCUT2D eigenvalue weighted by Gasteiger charge is -2.18. The summed E-state index contributed by atoms with van der Waals surface area (Å²) in [5, 5.41) is 10.0. The van der Waals surface area contributed by atoms with E-state index in [2.05, 4.69) is 146 Å². The minimum atomic E-state index is 1.03. The monoisotopic (exact) mass is 500 g/mol. The van der Waals surface area contributed by atoms with Crippen molar-refractivity contribution < 1.29 is 0 Å². The Kier molecular flexibility index (Phi) is 5.60. The lowest BCUT2D eigenvalue weighted by atomic mass is 9.85. The third-order valence-corrected chi connectivity index (χ3v) is 7.73. The summed E-state index contributed by atoms with van der Waals surface area (Å²) in [6, 6.07) is 47.6. The van der Waals surface area contributed by atoms with E-state index in [1.165, 1.54) is 54.9 Å². The Morgan fingerprint density at radius 3 is 1.54 bits per heavy atom. The van der Waals surface area contributed by atoms with Crippen LogP contribution in [0.5, 0.6) is 0 Å². The van der Waals surface area contributed by atoms with Crippen LogP contribution in [0.4, 0.5) is 0 Å². The van der Waals surface area contributed by atoms with E-state index < -0.39 is 0 Å². The van der Waals surface area contributed by atoms with Crippen LogP contribution in [0.2, 0.25) is 0 Å². The Morgan fingerprint density at radius 2 is 0.923 bits per heavy atom. The summed E-state index contributed by atoms with van der Waals surface area (Å²) in [5.74, 6) is 0. The Bertz CT molecular complexity index is 1910. The molecule has 39 heavy (non-hydrogen) atoms. The first-order chi connectivity index (χ1) is 19.2. The normalized spacial score (nSPS) is 11.3. The average molecular weight is 501 g/mol. The molecule has 0 unspecified atom stereocenters. The van der Waals surface area contributed by atoms with Gasteiger partial charge in [0.05, 0.1) is 11.4 Å². The van der Waals surface area contributed by atoms with Gasteiger partial charge in [-0.1, -0.05) is 115 Å². The molecular formula is C37H28N2. The molecule has 0 fully saturated rings. The first-order valence-corrected chi connectivity index (χ1v) is 13.4. The number of aromatic nitrogens is 2. The third-order valence-electron chi connectivity index (χ3n) is 7.73. The molecule has 0 atom stereocenters. The van der Waals surface area contributed by atoms with Crippen LogP contribution in [0, 0.1) is 13.8 Å². The summed E-state index contributed by atoms with van der Waals surface area (Å²) in [4.78, 5) is 0. The maximum atomic E-state index is 5.01. The van der Waals surface area contributed by atoms with Gasteiger partial charge < -0.3 is 0 Å². The highest BCUT2D eigenvalue weighted by Gasteiger charge is 2.22. The highest BCUT2D eigenvalue weighted by Crippen LogP contribution is 2.45. The van der Waals surface area contributed by atoms with Gasteiger partial charge in [0.1, 0.15) is 0 Å². The van der Waals surface area contributed by atoms with Crippen LogP contribution in [0.15, 0.2) is 133 Å². The molecule has 0 saturated carbocycles. The zero-order chi connectivity index (χ0) is 26.3. The number of rotatable bonds is 4. The van der Waals surface area contributed by atoms with Crippen LogP contribution in [-0.2, 0) is 0 Å². The van der Waals surface area contributed by atoms with E-state index in [9.17, 15) is 0 Å². The molecule has 0 aliphatic heterocycles. The molecule has 0 bridgehead atoms. The van der Waals surface area contributed by atoms with Gasteiger partial charge in [0, 0.05) is 16.8 Å². The molecule has 1 aromatic heterocycles. The smallest absolute Gasteiger partial charge is 0.0679 e. The van der Waals surface area contributed by atoms with Crippen molar-refractivity contribution in [2.75, 3.05) is 0 Å². The second-order valence-corrected chi connectivity index (χ2v) is 10.1. The molecule has 7 rings (SSSR count). The van der Waals surface area contributed by atoms with Gasteiger partial charge in [-0.25, -0.2) is 4.68 Å². The van der Waals surface area contributed by atoms with Crippen LogP contribution >= 0.6 is 0 Å². The maximum absolute atomic E-state index is 5.01. The number of nitrogens with zero attached hydrogens (tertiary/aromatic N) is 2. The summed E-state index contributed by atoms with van der Waals surface area (Å²) >= 11 is 0. The van der Waals surface area contributed by atoms with Crippen LogP contribution in [0.25, 0.3) is 60.6 Å². The fraction of sp³-hybridized carbons (Fsp3) is 0.0541. The minimum absolute atomic E-state index is 1.03. The lowest BCUT2D eigenvalue weighted by molar-refractivity contribution is 0.834. The molecule has 0 aliphatic rings. The molecular weight excluding hydrogens is 472 g/mol. The average Bonchev–Trinajstić information content (AvgIpc) is 3.29. The summed E-state index contributed by atoms with van der Waals surface area (Å²) in [6.45, 7) is 4.31. The van der Waals surface area contributed by atoms with E-state index in [1.54, 1.807) is 0 Å². The van der Waals surface area contributed by atoms with E-state index in [4.69, 9.17) is 5.10 Å². The zero-order valence-electron chi connectivity index (χ0n) is 22.1. The largest absolute Gasteiger partial charge is 0.237 e. The van der Waals surface area contributed by atoms with Crippen molar-refractivity contribution in [2.24, 2.45) is 0 Å². The molecule has 2 nitrogen and oxygen atoms in total. The van der Waals surface area contributed by atoms with Crippen LogP contribution in [0.3, 0.4) is 0 Å². The molecule has 0 radical (unpaired) electrons. The van der Waals surface area contributed by atoms with E-state index >= 15 is 0 Å². The molecule has 0 N–H and O–H groups in total. The topological polar surface area (TPSA) is 17.8 Å². The molecule has 7 aromatic rings. The van der Waals surface area contributed by atoms with Crippen molar-refractivity contribution in [3.8, 4) is 39.1 Å². The number of benzene rings is 6. The van der Waals surface area contributed by atoms with Crippen molar-refractivity contribution in [3.05, 3.63) is 145 Å². The van der Waals surface area contributed by atoms with Crippen molar-refractivity contribution in [1.82, 2.24) is 9.78 Å². The van der Waals surface area contributed by atoms with Crippen LogP contribution in [-0.4, -0.2) is 9.78 Å². The Balaban J connectivity index is 1.54. The summed E-state index contributed by atoms with van der Waals surface area (Å²) in [7, 11) is 0. The molecule has 0 spiro atoms. The van der Waals surface area contributed by atoms with Crippen molar-refractivity contribution in [2.45, 2.75) is 13.8 Å². The fourth-order valence-electron chi connectivity index (χ4n) is 6.02. The third kappa shape index (κ3) is 3.84. The predicted octanol–water partition coefficient (Wildman–Crippen LogP) is 9.80. The highest BCUT2D eigenvalue weighted by atomic mass is 15.3. The minimum Gasteiger partial charge on any atom is -0.237 e. The van der Waals surface area contributed by atoms with Gasteiger partial charge >= 0.3 is 0 Å². The standard InChI is InChI=1S/C37H28N2/c1-25-35(26(2)39(38-25)30-18-7-4-8-19-30)37-33-22-11-9-20-31(33)36(32-21-10-12-23-34(32)37)29-17-13-16-28(24-29)27-14-5-3-6-15-27/h3-24H,1-2H3. The number of aryl methyl sites for hydroxylation is 1. The molecule has 6 aromatic carbocycles. The quantitative estimate of drug-likeness (QED) is 0.220. The number of fused-ring (bicyclic) bond motifs is 2. The van der Waals surface area contributed by atoms with Gasteiger partial charge in [-0.3, -0.25) is 0 Å². The van der Waals surface area contributed by atoms with Gasteiger partial charge in [0.15, 0.2) is 0 Å². The van der Waals surface area contributed by atoms with Crippen molar-refractivity contribution in [1.29, 1.82) is 0 Å². The molecule has 0 amide bonds. The SMILES string of the molecule is Cc1nn(-c2ccccc2)c(C)c1-c1c2ccccc2c(-c2cccc(-c3ccccc3)c2)c2ccccc12. The van der Waals surface area contributed by atoms with E-state index in [-0.39, 0.29) is 0 Å². The molecule has 1 heterocycles. The number of hydrogen-bond donors (Lipinski definition) is 0. The van der Waals surface area contributed by atoms with E-state index in [0.29, 0.717) is 0 Å². The lowest BCUT2D eigenvalue weighted by Crippen LogP contribution is -1.98. The Hall–Kier alpha value is -4.95. The van der Waals surface area contributed by atoms with E-state index in [1.807, 2.05) is 6.07 Å². The number of hydrogen-bond acceptors (Lipinski definition) is 1.